The summed E-state index contributed by atoms with van der Waals surface area (Å²) in [6.07, 6.45) is 0.965. The van der Waals surface area contributed by atoms with Crippen molar-refractivity contribution in [2.24, 2.45) is 0 Å². The number of ether oxygens (including phenoxy) is 1. The molecule has 0 saturated heterocycles. The molecule has 0 aromatic rings. The Kier molecular flexibility index (Phi) is 3.87. The van der Waals surface area contributed by atoms with Crippen LogP contribution >= 0.6 is 0 Å². The van der Waals surface area contributed by atoms with Gasteiger partial charge in [0.15, 0.2) is 6.61 Å². The maximum atomic E-state index is 10.4. The van der Waals surface area contributed by atoms with Gasteiger partial charge >= 0.3 is 5.97 Å². The summed E-state index contributed by atoms with van der Waals surface area (Å²) in [5.41, 5.74) is 0. The number of nitrogens with zero attached hydrogens (tertiary/aromatic N) is 1. The van der Waals surface area contributed by atoms with Crippen molar-refractivity contribution in [3.8, 4) is 0 Å². The monoisotopic (exact) mass is 159 g/mol. The van der Waals surface area contributed by atoms with Crippen molar-refractivity contribution in [1.82, 2.24) is 0 Å². The lowest BCUT2D eigenvalue weighted by Crippen LogP contribution is -2.22. The smallest absolute Gasteiger partial charge is 0.330 e. The number of carbonyl (C=O) groups is 1. The molecular weight excluding hydrogens is 150 g/mol. The molecule has 62 valence electrons. The van der Waals surface area contributed by atoms with E-state index in [0.717, 1.165) is 6.08 Å². The lowest BCUT2D eigenvalue weighted by molar-refractivity contribution is -0.520. The van der Waals surface area contributed by atoms with E-state index in [1.54, 1.807) is 0 Å². The highest BCUT2D eigenvalue weighted by atomic mass is 16.6. The second-order valence-electron chi connectivity index (χ2n) is 1.97. The van der Waals surface area contributed by atoms with Gasteiger partial charge in [-0.05, 0) is 0 Å². The maximum absolute atomic E-state index is 10.4. The van der Waals surface area contributed by atoms with E-state index >= 15 is 0 Å². The van der Waals surface area contributed by atoms with Crippen molar-refractivity contribution >= 4 is 5.97 Å². The zero-order valence-corrected chi connectivity index (χ0v) is 6.15. The first kappa shape index (κ1) is 9.61. The first-order chi connectivity index (χ1) is 5.07. The second kappa shape index (κ2) is 4.43. The summed E-state index contributed by atoms with van der Waals surface area (Å²) >= 11 is 0. The van der Waals surface area contributed by atoms with Crippen LogP contribution in [0.15, 0.2) is 12.7 Å². The molecule has 1 atom stereocenters. The molecule has 0 fully saturated rings. The summed E-state index contributed by atoms with van der Waals surface area (Å²) in [4.78, 5) is 19.8. The molecule has 0 radical (unpaired) electrons. The molecule has 0 aliphatic carbocycles. The van der Waals surface area contributed by atoms with Crippen molar-refractivity contribution in [1.29, 1.82) is 0 Å². The fraction of sp³-hybridized carbons (Fsp3) is 0.500. The fourth-order valence-corrected chi connectivity index (χ4v) is 0.323. The third kappa shape index (κ3) is 4.07. The Morgan fingerprint density at radius 1 is 1.91 bits per heavy atom. The molecule has 0 aliphatic rings. The number of esters is 1. The van der Waals surface area contributed by atoms with E-state index in [1.807, 2.05) is 0 Å². The third-order valence-corrected chi connectivity index (χ3v) is 0.993. The number of hydrogen-bond acceptors (Lipinski definition) is 4. The summed E-state index contributed by atoms with van der Waals surface area (Å²) in [7, 11) is 0. The van der Waals surface area contributed by atoms with E-state index < -0.39 is 16.9 Å². The molecule has 1 unspecified atom stereocenters. The predicted octanol–water partition coefficient (Wildman–Crippen LogP) is 0.381. The number of hydrogen-bond donors (Lipinski definition) is 0. The third-order valence-electron chi connectivity index (χ3n) is 0.993. The fourth-order valence-electron chi connectivity index (χ4n) is 0.323. The molecule has 0 saturated carbocycles. The highest BCUT2D eigenvalue weighted by Gasteiger charge is 2.13. The lowest BCUT2D eigenvalue weighted by Gasteiger charge is -2.02. The topological polar surface area (TPSA) is 69.4 Å². The summed E-state index contributed by atoms with van der Waals surface area (Å²) in [6, 6.07) is -0.862. The van der Waals surface area contributed by atoms with Gasteiger partial charge in [-0.15, -0.1) is 0 Å². The zero-order chi connectivity index (χ0) is 8.85. The van der Waals surface area contributed by atoms with Gasteiger partial charge < -0.3 is 4.74 Å². The van der Waals surface area contributed by atoms with E-state index in [-0.39, 0.29) is 6.61 Å². The molecule has 0 aromatic carbocycles. The lowest BCUT2D eigenvalue weighted by atomic mass is 10.4. The normalized spacial score (nSPS) is 11.7. The molecule has 0 aromatic heterocycles. The van der Waals surface area contributed by atoms with Crippen LogP contribution in [0.25, 0.3) is 0 Å². The Hall–Kier alpha value is -1.39. The summed E-state index contributed by atoms with van der Waals surface area (Å²) in [6.45, 7) is 4.29. The van der Waals surface area contributed by atoms with Gasteiger partial charge in [0, 0.05) is 17.9 Å². The minimum absolute atomic E-state index is 0.210. The molecule has 5 nitrogen and oxygen atoms in total. The first-order valence-electron chi connectivity index (χ1n) is 3.00. The second-order valence-corrected chi connectivity index (χ2v) is 1.97. The van der Waals surface area contributed by atoms with Crippen molar-refractivity contribution in [3.05, 3.63) is 22.8 Å². The van der Waals surface area contributed by atoms with Gasteiger partial charge in [0.1, 0.15) is 0 Å². The molecule has 5 heteroatoms. The highest BCUT2D eigenvalue weighted by Crippen LogP contribution is 1.90. The van der Waals surface area contributed by atoms with Crippen LogP contribution in [-0.4, -0.2) is 23.5 Å². The summed E-state index contributed by atoms with van der Waals surface area (Å²) in [5.74, 6) is -0.640. The molecule has 0 aliphatic heterocycles. The largest absolute Gasteiger partial charge is 0.455 e. The maximum Gasteiger partial charge on any atom is 0.330 e. The zero-order valence-electron chi connectivity index (χ0n) is 6.15. The van der Waals surface area contributed by atoms with Gasteiger partial charge in [-0.25, -0.2) is 4.79 Å². The quantitative estimate of drug-likeness (QED) is 0.257. The van der Waals surface area contributed by atoms with Crippen LogP contribution in [0.1, 0.15) is 6.92 Å². The number of carbonyl (C=O) groups excluding carboxylic acids is 1. The standard InChI is InChI=1S/C6H9NO4/c1-3-6(8)11-4-5(2)7(9)10/h3,5H,1,4H2,2H3. The Morgan fingerprint density at radius 3 is 2.82 bits per heavy atom. The van der Waals surface area contributed by atoms with Crippen molar-refractivity contribution in [2.75, 3.05) is 6.61 Å². The Morgan fingerprint density at radius 2 is 2.45 bits per heavy atom. The molecule has 11 heavy (non-hydrogen) atoms. The van der Waals surface area contributed by atoms with Gasteiger partial charge in [-0.3, -0.25) is 10.1 Å². The van der Waals surface area contributed by atoms with E-state index in [9.17, 15) is 14.9 Å². The van der Waals surface area contributed by atoms with E-state index in [1.165, 1.54) is 6.92 Å². The average Bonchev–Trinajstić information content (AvgIpc) is 1.99. The number of rotatable bonds is 4. The predicted molar refractivity (Wildman–Crippen MR) is 37.6 cm³/mol. The molecule has 0 rings (SSSR count). The van der Waals surface area contributed by atoms with Crippen LogP contribution < -0.4 is 0 Å². The Bertz CT molecular complexity index is 177. The SMILES string of the molecule is C=CC(=O)OCC(C)[N+](=O)[O-]. The molecular formula is C6H9NO4. The van der Waals surface area contributed by atoms with Gasteiger partial charge in [-0.1, -0.05) is 6.58 Å². The minimum Gasteiger partial charge on any atom is -0.455 e. The van der Waals surface area contributed by atoms with E-state index in [2.05, 4.69) is 11.3 Å². The van der Waals surface area contributed by atoms with Crippen LogP contribution in [0.2, 0.25) is 0 Å². The summed E-state index contributed by atoms with van der Waals surface area (Å²) < 4.78 is 4.42. The number of nitro groups is 1. The first-order valence-corrected chi connectivity index (χ1v) is 3.00. The van der Waals surface area contributed by atoms with Crippen molar-refractivity contribution in [2.45, 2.75) is 13.0 Å². The van der Waals surface area contributed by atoms with Crippen LogP contribution in [0.5, 0.6) is 0 Å². The van der Waals surface area contributed by atoms with E-state index in [0.29, 0.717) is 0 Å². The molecule has 0 spiro atoms. The molecule has 0 bridgehead atoms. The van der Waals surface area contributed by atoms with Crippen molar-refractivity contribution in [3.63, 3.8) is 0 Å². The summed E-state index contributed by atoms with van der Waals surface area (Å²) in [5, 5.41) is 9.99. The van der Waals surface area contributed by atoms with Crippen LogP contribution in [-0.2, 0) is 9.53 Å². The van der Waals surface area contributed by atoms with Gasteiger partial charge in [0.05, 0.1) is 0 Å². The molecule has 0 amide bonds. The van der Waals surface area contributed by atoms with Gasteiger partial charge in [-0.2, -0.15) is 0 Å². The van der Waals surface area contributed by atoms with Crippen LogP contribution in [0, 0.1) is 10.1 Å². The minimum atomic E-state index is -0.862. The van der Waals surface area contributed by atoms with Gasteiger partial charge in [0.25, 0.3) is 0 Å². The molecule has 0 N–H and O–H groups in total. The van der Waals surface area contributed by atoms with E-state index in [4.69, 9.17) is 0 Å². The van der Waals surface area contributed by atoms with Crippen molar-refractivity contribution < 1.29 is 14.5 Å². The Balaban J connectivity index is 3.62. The van der Waals surface area contributed by atoms with Gasteiger partial charge in [0.2, 0.25) is 6.04 Å². The highest BCUT2D eigenvalue weighted by molar-refractivity contribution is 5.81. The van der Waals surface area contributed by atoms with Crippen LogP contribution in [0.4, 0.5) is 0 Å². The average molecular weight is 159 g/mol. The Labute approximate surface area is 63.8 Å². The van der Waals surface area contributed by atoms with Crippen LogP contribution in [0.3, 0.4) is 0 Å². The molecule has 0 heterocycles.